The van der Waals surface area contributed by atoms with E-state index in [0.29, 0.717) is 22.3 Å². The van der Waals surface area contributed by atoms with Gasteiger partial charge in [0.05, 0.1) is 9.77 Å². The molecule has 1 aromatic heterocycles. The Morgan fingerprint density at radius 2 is 2.04 bits per heavy atom. The quantitative estimate of drug-likeness (QED) is 0.448. The third kappa shape index (κ3) is 5.32. The fourth-order valence-electron chi connectivity index (χ4n) is 1.97. The lowest BCUT2D eigenvalue weighted by atomic mass is 9.89. The van der Waals surface area contributed by atoms with Gasteiger partial charge in [-0.1, -0.05) is 32.4 Å². The zero-order chi connectivity index (χ0) is 18.8. The Hall–Kier alpha value is -1.32. The van der Waals surface area contributed by atoms with E-state index in [4.69, 9.17) is 27.9 Å². The summed E-state index contributed by atoms with van der Waals surface area (Å²) in [5.74, 6) is -0.141. The summed E-state index contributed by atoms with van der Waals surface area (Å²) in [4.78, 5) is 19.3. The first kappa shape index (κ1) is 20.0. The van der Waals surface area contributed by atoms with Crippen LogP contribution in [0.15, 0.2) is 24.4 Å². The van der Waals surface area contributed by atoms with Gasteiger partial charge in [-0.05, 0) is 52.4 Å². The van der Waals surface area contributed by atoms with Gasteiger partial charge >= 0.3 is 5.97 Å². The van der Waals surface area contributed by atoms with Gasteiger partial charge in [-0.2, -0.15) is 4.98 Å². The number of hydrogen-bond donors (Lipinski definition) is 2. The van der Waals surface area contributed by atoms with Crippen LogP contribution in [0.3, 0.4) is 0 Å². The van der Waals surface area contributed by atoms with Gasteiger partial charge < -0.3 is 15.2 Å². The summed E-state index contributed by atoms with van der Waals surface area (Å²) in [6.45, 7) is 5.44. The number of aromatic nitrogens is 2. The highest BCUT2D eigenvalue weighted by atomic mass is 127. The number of ether oxygens (including phenoxy) is 1. The largest absolute Gasteiger partial charge is 0.478 e. The van der Waals surface area contributed by atoms with E-state index >= 15 is 0 Å². The first-order valence-electron chi connectivity index (χ1n) is 7.22. The molecule has 2 N–H and O–H groups in total. The van der Waals surface area contributed by atoms with Crippen molar-refractivity contribution in [2.75, 3.05) is 5.32 Å². The molecule has 0 saturated heterocycles. The van der Waals surface area contributed by atoms with Crippen molar-refractivity contribution in [1.29, 1.82) is 0 Å². The molecule has 1 atom stereocenters. The molecule has 0 spiro atoms. The van der Waals surface area contributed by atoms with Crippen molar-refractivity contribution in [3.63, 3.8) is 0 Å². The van der Waals surface area contributed by atoms with Gasteiger partial charge in [0.1, 0.15) is 10.8 Å². The summed E-state index contributed by atoms with van der Waals surface area (Å²) in [6.07, 6.45) is 0.442. The third-order valence-corrected chi connectivity index (χ3v) is 4.47. The standard InChI is InChI=1S/C16H16Cl2IN3O3/c1-16(2,3)12(14(23)24)25-11-5-4-8(6-10(11)19)21-13-9(17)7-20-15(18)22-13/h4-7,12H,1-3H3,(H,23,24)(H,20,21,22). The maximum Gasteiger partial charge on any atom is 0.345 e. The molecular formula is C16H16Cl2IN3O3. The number of halogens is 3. The topological polar surface area (TPSA) is 84.3 Å². The minimum absolute atomic E-state index is 0.0797. The molecule has 1 heterocycles. The molecule has 0 fully saturated rings. The molecule has 25 heavy (non-hydrogen) atoms. The first-order valence-corrected chi connectivity index (χ1v) is 9.05. The van der Waals surface area contributed by atoms with Crippen molar-refractivity contribution >= 4 is 63.3 Å². The van der Waals surface area contributed by atoms with Gasteiger partial charge in [0.15, 0.2) is 11.9 Å². The van der Waals surface area contributed by atoms with Crippen LogP contribution in [0, 0.1) is 8.99 Å². The number of carboxylic acids is 1. The number of nitrogens with one attached hydrogen (secondary N) is 1. The number of carbonyl (C=O) groups is 1. The van der Waals surface area contributed by atoms with Gasteiger partial charge in [-0.15, -0.1) is 0 Å². The number of hydrogen-bond acceptors (Lipinski definition) is 5. The molecule has 0 saturated carbocycles. The smallest absolute Gasteiger partial charge is 0.345 e. The van der Waals surface area contributed by atoms with E-state index in [1.54, 1.807) is 18.2 Å². The van der Waals surface area contributed by atoms with Crippen LogP contribution in [0.2, 0.25) is 10.3 Å². The minimum atomic E-state index is -1.01. The Bertz CT molecular complexity index is 797. The second-order valence-corrected chi connectivity index (χ2v) is 8.22. The molecular weight excluding hydrogens is 480 g/mol. The summed E-state index contributed by atoms with van der Waals surface area (Å²) in [7, 11) is 0. The lowest BCUT2D eigenvalue weighted by Crippen LogP contribution is -2.39. The van der Waals surface area contributed by atoms with Crippen molar-refractivity contribution in [1.82, 2.24) is 9.97 Å². The maximum atomic E-state index is 11.5. The van der Waals surface area contributed by atoms with Crippen LogP contribution >= 0.6 is 45.8 Å². The lowest BCUT2D eigenvalue weighted by molar-refractivity contribution is -0.150. The van der Waals surface area contributed by atoms with Gasteiger partial charge in [0.25, 0.3) is 0 Å². The molecule has 9 heteroatoms. The van der Waals surface area contributed by atoms with E-state index in [-0.39, 0.29) is 5.28 Å². The first-order chi connectivity index (χ1) is 11.6. The molecule has 0 amide bonds. The Kier molecular flexibility index (Phi) is 6.34. The second-order valence-electron chi connectivity index (χ2n) is 6.31. The van der Waals surface area contributed by atoms with Crippen LogP contribution in [0.1, 0.15) is 20.8 Å². The fraction of sp³-hybridized carbons (Fsp3) is 0.312. The zero-order valence-corrected chi connectivity index (χ0v) is 17.3. The van der Waals surface area contributed by atoms with Crippen molar-refractivity contribution in [3.05, 3.63) is 38.3 Å². The molecule has 2 rings (SSSR count). The van der Waals surface area contributed by atoms with Gasteiger partial charge in [-0.3, -0.25) is 0 Å². The number of nitrogens with zero attached hydrogens (tertiary/aromatic N) is 2. The van der Waals surface area contributed by atoms with Gasteiger partial charge in [0, 0.05) is 11.1 Å². The summed E-state index contributed by atoms with van der Waals surface area (Å²) < 4.78 is 6.46. The van der Waals surface area contributed by atoms with Crippen LogP contribution in [0.25, 0.3) is 0 Å². The molecule has 134 valence electrons. The van der Waals surface area contributed by atoms with E-state index in [2.05, 4.69) is 37.9 Å². The Morgan fingerprint density at radius 1 is 1.36 bits per heavy atom. The average Bonchev–Trinajstić information content (AvgIpc) is 2.48. The van der Waals surface area contributed by atoms with Crippen molar-refractivity contribution in [2.45, 2.75) is 26.9 Å². The zero-order valence-electron chi connectivity index (χ0n) is 13.7. The molecule has 0 radical (unpaired) electrons. The van der Waals surface area contributed by atoms with E-state index in [9.17, 15) is 9.90 Å². The van der Waals surface area contributed by atoms with Gasteiger partial charge in [-0.25, -0.2) is 9.78 Å². The summed E-state index contributed by atoms with van der Waals surface area (Å²) in [5.41, 5.74) is 0.160. The van der Waals surface area contributed by atoms with E-state index in [1.807, 2.05) is 20.8 Å². The molecule has 0 aliphatic heterocycles. The van der Waals surface area contributed by atoms with Crippen LogP contribution in [-0.2, 0) is 4.79 Å². The molecule has 0 bridgehead atoms. The predicted octanol–water partition coefficient (Wildman–Crippen LogP) is 5.01. The highest BCUT2D eigenvalue weighted by Gasteiger charge is 2.33. The third-order valence-electron chi connectivity index (χ3n) is 3.17. The number of rotatable bonds is 5. The summed E-state index contributed by atoms with van der Waals surface area (Å²) >= 11 is 13.9. The molecule has 0 aliphatic carbocycles. The monoisotopic (exact) mass is 495 g/mol. The molecule has 6 nitrogen and oxygen atoms in total. The van der Waals surface area contributed by atoms with Crippen LogP contribution in [-0.4, -0.2) is 27.1 Å². The van der Waals surface area contributed by atoms with Crippen LogP contribution in [0.5, 0.6) is 5.75 Å². The normalized spacial score (nSPS) is 12.6. The van der Waals surface area contributed by atoms with E-state index < -0.39 is 17.5 Å². The van der Waals surface area contributed by atoms with Crippen molar-refractivity contribution < 1.29 is 14.6 Å². The molecule has 1 aromatic carbocycles. The highest BCUT2D eigenvalue weighted by Crippen LogP contribution is 2.31. The Labute approximate surface area is 169 Å². The lowest BCUT2D eigenvalue weighted by Gasteiger charge is -2.28. The molecule has 1 unspecified atom stereocenters. The number of benzene rings is 1. The predicted molar refractivity (Wildman–Crippen MR) is 106 cm³/mol. The highest BCUT2D eigenvalue weighted by molar-refractivity contribution is 14.1. The Morgan fingerprint density at radius 3 is 2.60 bits per heavy atom. The van der Waals surface area contributed by atoms with Crippen LogP contribution < -0.4 is 10.1 Å². The summed E-state index contributed by atoms with van der Waals surface area (Å²) in [5, 5.41) is 12.8. The minimum Gasteiger partial charge on any atom is -0.478 e. The molecule has 2 aromatic rings. The number of anilines is 2. The number of aliphatic carboxylic acids is 1. The van der Waals surface area contributed by atoms with Crippen molar-refractivity contribution in [2.24, 2.45) is 5.41 Å². The SMILES string of the molecule is CC(C)(C)C(Oc1ccc(Nc2nc(Cl)ncc2Cl)cc1I)C(=O)O. The summed E-state index contributed by atoms with van der Waals surface area (Å²) in [6, 6.07) is 5.23. The average molecular weight is 496 g/mol. The van der Waals surface area contributed by atoms with Crippen molar-refractivity contribution in [3.8, 4) is 5.75 Å². The van der Waals surface area contributed by atoms with E-state index in [0.717, 1.165) is 3.57 Å². The number of carboxylic acid groups (broad SMARTS) is 1. The second kappa shape index (κ2) is 7.92. The fourth-order valence-corrected chi connectivity index (χ4v) is 2.88. The van der Waals surface area contributed by atoms with Gasteiger partial charge in [0.2, 0.25) is 5.28 Å². The van der Waals surface area contributed by atoms with Crippen LogP contribution in [0.4, 0.5) is 11.5 Å². The Balaban J connectivity index is 2.23. The van der Waals surface area contributed by atoms with E-state index in [1.165, 1.54) is 6.20 Å². The maximum absolute atomic E-state index is 11.5. The molecule has 0 aliphatic rings.